The molecule has 1 aliphatic rings. The van der Waals surface area contributed by atoms with Crippen molar-refractivity contribution in [2.45, 2.75) is 23.8 Å². The van der Waals surface area contributed by atoms with E-state index in [1.165, 1.54) is 0 Å². The van der Waals surface area contributed by atoms with E-state index in [1.807, 2.05) is 40.1 Å². The summed E-state index contributed by atoms with van der Waals surface area (Å²) in [5, 5.41) is 7.20. The van der Waals surface area contributed by atoms with Crippen LogP contribution in [0.2, 0.25) is 0 Å². The van der Waals surface area contributed by atoms with Gasteiger partial charge in [-0.25, -0.2) is 14.5 Å². The van der Waals surface area contributed by atoms with E-state index < -0.39 is 0 Å². The number of rotatable bonds is 3. The van der Waals surface area contributed by atoms with Crippen LogP contribution in [0.4, 0.5) is 10.5 Å². The molecular formula is C15H19N5OS. The lowest BCUT2D eigenvalue weighted by atomic mass is 10.1. The first kappa shape index (κ1) is 14.9. The number of aromatic nitrogens is 3. The van der Waals surface area contributed by atoms with E-state index in [1.54, 1.807) is 24.4 Å². The highest BCUT2D eigenvalue weighted by Gasteiger charge is 2.24. The molecule has 2 amide bonds. The third-order valence-corrected chi connectivity index (χ3v) is 4.71. The Hall–Kier alpha value is -2.02. The lowest BCUT2D eigenvalue weighted by Crippen LogP contribution is -2.41. The number of benzene rings is 1. The summed E-state index contributed by atoms with van der Waals surface area (Å²) in [6.07, 6.45) is 7.12. The number of nitrogens with one attached hydrogen (secondary N) is 1. The van der Waals surface area contributed by atoms with Crippen molar-refractivity contribution in [3.8, 4) is 0 Å². The van der Waals surface area contributed by atoms with E-state index in [-0.39, 0.29) is 6.03 Å². The minimum Gasteiger partial charge on any atom is -0.324 e. The second kappa shape index (κ2) is 6.83. The lowest BCUT2D eigenvalue weighted by Gasteiger charge is -2.32. The van der Waals surface area contributed by atoms with Crippen LogP contribution in [0.5, 0.6) is 0 Å². The van der Waals surface area contributed by atoms with Crippen molar-refractivity contribution in [3.63, 3.8) is 0 Å². The average molecular weight is 317 g/mol. The number of nitrogens with zero attached hydrogens (tertiary/aromatic N) is 4. The summed E-state index contributed by atoms with van der Waals surface area (Å²) in [6, 6.07) is 8.17. The molecule has 22 heavy (non-hydrogen) atoms. The van der Waals surface area contributed by atoms with Gasteiger partial charge in [-0.1, -0.05) is 12.1 Å². The molecule has 1 aliphatic heterocycles. The van der Waals surface area contributed by atoms with Gasteiger partial charge in [0.2, 0.25) is 0 Å². The number of piperidine rings is 1. The van der Waals surface area contributed by atoms with Crippen LogP contribution in [-0.2, 0) is 0 Å². The molecule has 1 fully saturated rings. The van der Waals surface area contributed by atoms with E-state index in [4.69, 9.17) is 0 Å². The second-order valence-corrected chi connectivity index (χ2v) is 6.07. The Balaban J connectivity index is 1.58. The number of thioether (sulfide) groups is 1. The Kier molecular flexibility index (Phi) is 4.62. The van der Waals surface area contributed by atoms with Crippen molar-refractivity contribution in [3.05, 3.63) is 36.9 Å². The number of carbonyl (C=O) groups is 1. The molecule has 0 spiro atoms. The first-order valence-corrected chi connectivity index (χ1v) is 8.53. The third-order valence-electron chi connectivity index (χ3n) is 3.91. The number of hydrogen-bond donors (Lipinski definition) is 1. The van der Waals surface area contributed by atoms with Gasteiger partial charge in [0.1, 0.15) is 12.7 Å². The van der Waals surface area contributed by atoms with Gasteiger partial charge < -0.3 is 10.2 Å². The normalized spacial score (nSPS) is 15.8. The molecule has 0 atom stereocenters. The Morgan fingerprint density at radius 2 is 2.09 bits per heavy atom. The van der Waals surface area contributed by atoms with Crippen LogP contribution in [0, 0.1) is 0 Å². The van der Waals surface area contributed by atoms with E-state index >= 15 is 0 Å². The highest BCUT2D eigenvalue weighted by atomic mass is 32.2. The SMILES string of the molecule is CSc1ccccc1NC(=O)N1CCC(n2cncn2)CC1. The highest BCUT2D eigenvalue weighted by molar-refractivity contribution is 7.98. The zero-order valence-corrected chi connectivity index (χ0v) is 13.3. The fourth-order valence-electron chi connectivity index (χ4n) is 2.68. The number of anilines is 1. The predicted molar refractivity (Wildman–Crippen MR) is 87.1 cm³/mol. The molecular weight excluding hydrogens is 298 g/mol. The molecule has 0 aliphatic carbocycles. The average Bonchev–Trinajstić information content (AvgIpc) is 3.10. The molecule has 1 aromatic carbocycles. The zero-order valence-electron chi connectivity index (χ0n) is 12.5. The van der Waals surface area contributed by atoms with Crippen LogP contribution < -0.4 is 5.32 Å². The highest BCUT2D eigenvalue weighted by Crippen LogP contribution is 2.26. The van der Waals surface area contributed by atoms with Crippen molar-refractivity contribution in [2.24, 2.45) is 0 Å². The molecule has 0 radical (unpaired) electrons. The molecule has 2 heterocycles. The smallest absolute Gasteiger partial charge is 0.321 e. The quantitative estimate of drug-likeness (QED) is 0.884. The third kappa shape index (κ3) is 3.24. The summed E-state index contributed by atoms with van der Waals surface area (Å²) in [5.41, 5.74) is 0.874. The molecule has 1 aromatic heterocycles. The van der Waals surface area contributed by atoms with Gasteiger partial charge in [0, 0.05) is 18.0 Å². The largest absolute Gasteiger partial charge is 0.324 e. The Labute approximate surface area is 133 Å². The van der Waals surface area contributed by atoms with E-state index in [0.717, 1.165) is 36.5 Å². The summed E-state index contributed by atoms with van der Waals surface area (Å²) >= 11 is 1.63. The zero-order chi connectivity index (χ0) is 15.4. The van der Waals surface area contributed by atoms with Gasteiger partial charge in [-0.3, -0.25) is 0 Å². The molecule has 1 saturated heterocycles. The molecule has 6 nitrogen and oxygen atoms in total. The van der Waals surface area contributed by atoms with Crippen LogP contribution in [0.15, 0.2) is 41.8 Å². The summed E-state index contributed by atoms with van der Waals surface area (Å²) in [6.45, 7) is 1.47. The molecule has 0 saturated carbocycles. The van der Waals surface area contributed by atoms with Crippen molar-refractivity contribution < 1.29 is 4.79 Å². The predicted octanol–water partition coefficient (Wildman–Crippen LogP) is 2.87. The van der Waals surface area contributed by atoms with Crippen molar-refractivity contribution in [1.82, 2.24) is 19.7 Å². The maximum atomic E-state index is 12.4. The summed E-state index contributed by atoms with van der Waals surface area (Å²) in [5.74, 6) is 0. The molecule has 7 heteroatoms. The number of para-hydroxylation sites is 1. The topological polar surface area (TPSA) is 63.1 Å². The Morgan fingerprint density at radius 1 is 1.32 bits per heavy atom. The van der Waals surface area contributed by atoms with Crippen molar-refractivity contribution in [1.29, 1.82) is 0 Å². The maximum absolute atomic E-state index is 12.4. The fraction of sp³-hybridized carbons (Fsp3) is 0.400. The van der Waals surface area contributed by atoms with E-state index in [2.05, 4.69) is 15.4 Å². The molecule has 0 unspecified atom stereocenters. The van der Waals surface area contributed by atoms with Crippen LogP contribution in [0.3, 0.4) is 0 Å². The minimum atomic E-state index is -0.0291. The summed E-state index contributed by atoms with van der Waals surface area (Å²) in [7, 11) is 0. The van der Waals surface area contributed by atoms with Gasteiger partial charge in [0.25, 0.3) is 0 Å². The first-order chi connectivity index (χ1) is 10.8. The molecule has 2 aromatic rings. The van der Waals surface area contributed by atoms with Crippen LogP contribution in [0.25, 0.3) is 0 Å². The van der Waals surface area contributed by atoms with E-state index in [9.17, 15) is 4.79 Å². The molecule has 0 bridgehead atoms. The second-order valence-electron chi connectivity index (χ2n) is 5.22. The van der Waals surface area contributed by atoms with Crippen LogP contribution >= 0.6 is 11.8 Å². The standard InChI is InChI=1S/C15H19N5OS/c1-22-14-5-3-2-4-13(14)18-15(21)19-8-6-12(7-9-19)20-11-16-10-17-20/h2-5,10-12H,6-9H2,1H3,(H,18,21). The van der Waals surface area contributed by atoms with Gasteiger partial charge in [0.05, 0.1) is 11.7 Å². The molecule has 3 rings (SSSR count). The number of amides is 2. The summed E-state index contributed by atoms with van der Waals surface area (Å²) < 4.78 is 1.89. The monoisotopic (exact) mass is 317 g/mol. The summed E-state index contributed by atoms with van der Waals surface area (Å²) in [4.78, 5) is 19.3. The first-order valence-electron chi connectivity index (χ1n) is 7.31. The van der Waals surface area contributed by atoms with Gasteiger partial charge in [-0.15, -0.1) is 11.8 Å². The molecule has 1 N–H and O–H groups in total. The maximum Gasteiger partial charge on any atom is 0.321 e. The Morgan fingerprint density at radius 3 is 2.77 bits per heavy atom. The van der Waals surface area contributed by atoms with Crippen LogP contribution in [0.1, 0.15) is 18.9 Å². The number of hydrogen-bond acceptors (Lipinski definition) is 4. The minimum absolute atomic E-state index is 0.0291. The van der Waals surface area contributed by atoms with Gasteiger partial charge >= 0.3 is 6.03 Å². The molecule has 116 valence electrons. The van der Waals surface area contributed by atoms with Gasteiger partial charge in [0.15, 0.2) is 0 Å². The van der Waals surface area contributed by atoms with Crippen molar-refractivity contribution >= 4 is 23.5 Å². The number of carbonyl (C=O) groups excluding carboxylic acids is 1. The number of urea groups is 1. The number of likely N-dealkylation sites (tertiary alicyclic amines) is 1. The lowest BCUT2D eigenvalue weighted by molar-refractivity contribution is 0.180. The van der Waals surface area contributed by atoms with E-state index in [0.29, 0.717) is 6.04 Å². The Bertz CT molecular complexity index is 623. The van der Waals surface area contributed by atoms with Crippen LogP contribution in [-0.4, -0.2) is 45.0 Å². The van der Waals surface area contributed by atoms with Gasteiger partial charge in [-0.2, -0.15) is 5.10 Å². The fourth-order valence-corrected chi connectivity index (χ4v) is 3.24. The van der Waals surface area contributed by atoms with Gasteiger partial charge in [-0.05, 0) is 31.2 Å². The van der Waals surface area contributed by atoms with Crippen molar-refractivity contribution in [2.75, 3.05) is 24.7 Å².